The topological polar surface area (TPSA) is 38.7 Å². The summed E-state index contributed by atoms with van der Waals surface area (Å²) in [5, 5.41) is 1.21. The predicted octanol–water partition coefficient (Wildman–Crippen LogP) is 3.36. The molecule has 6 heteroatoms. The lowest BCUT2D eigenvalue weighted by atomic mass is 9.89. The zero-order valence-corrected chi connectivity index (χ0v) is 14.6. The second-order valence-corrected chi connectivity index (χ2v) is 7.16. The molecule has 0 aliphatic carbocycles. The molecule has 26 heavy (non-hydrogen) atoms. The van der Waals surface area contributed by atoms with Gasteiger partial charge in [0.15, 0.2) is 0 Å². The van der Waals surface area contributed by atoms with E-state index in [0.29, 0.717) is 10.6 Å². The van der Waals surface area contributed by atoms with Gasteiger partial charge in [-0.2, -0.15) is 13.2 Å². The lowest BCUT2D eigenvalue weighted by molar-refractivity contribution is -0.159. The van der Waals surface area contributed by atoms with E-state index >= 15 is 0 Å². The standard InChI is InChI=1S/C20H18F3NO2/c1-18(2,3)26-17(25)19(12-13-7-4-5-10-16(13)24-19)14-8-6-9-15(11-14)20(21,22)23/h4-12H,1-3H3. The summed E-state index contributed by atoms with van der Waals surface area (Å²) in [6.45, 7) is 5.10. The first kappa shape index (κ1) is 18.2. The van der Waals surface area contributed by atoms with Crippen molar-refractivity contribution in [2.75, 3.05) is 0 Å². The van der Waals surface area contributed by atoms with Crippen LogP contribution in [0.4, 0.5) is 13.2 Å². The van der Waals surface area contributed by atoms with Crippen LogP contribution in [0.25, 0.3) is 6.08 Å². The van der Waals surface area contributed by atoms with E-state index in [0.717, 1.165) is 12.1 Å². The molecule has 2 aromatic rings. The Bertz CT molecular complexity index is 937. The molecule has 0 saturated carbocycles. The van der Waals surface area contributed by atoms with Crippen molar-refractivity contribution in [2.45, 2.75) is 38.1 Å². The van der Waals surface area contributed by atoms with Crippen LogP contribution in [-0.2, 0) is 21.2 Å². The molecule has 0 N–H and O–H groups in total. The van der Waals surface area contributed by atoms with Crippen molar-refractivity contribution in [2.24, 2.45) is 4.99 Å². The maximum absolute atomic E-state index is 13.2. The summed E-state index contributed by atoms with van der Waals surface area (Å²) >= 11 is 0. The van der Waals surface area contributed by atoms with Crippen LogP contribution in [0.1, 0.15) is 31.9 Å². The first-order valence-electron chi connectivity index (χ1n) is 8.10. The predicted molar refractivity (Wildman–Crippen MR) is 90.7 cm³/mol. The molecule has 1 aliphatic heterocycles. The van der Waals surface area contributed by atoms with Crippen molar-refractivity contribution in [1.29, 1.82) is 0 Å². The average Bonchev–Trinajstić information content (AvgIpc) is 2.93. The van der Waals surface area contributed by atoms with Crippen molar-refractivity contribution in [3.05, 3.63) is 70.2 Å². The normalized spacial score (nSPS) is 19.3. The number of nitrogens with zero attached hydrogens (tertiary/aromatic N) is 1. The van der Waals surface area contributed by atoms with Gasteiger partial charge in [0.2, 0.25) is 5.54 Å². The van der Waals surface area contributed by atoms with E-state index < -0.39 is 28.8 Å². The van der Waals surface area contributed by atoms with E-state index in [1.165, 1.54) is 12.1 Å². The molecule has 0 fully saturated rings. The molecular weight excluding hydrogens is 343 g/mol. The van der Waals surface area contributed by atoms with E-state index in [-0.39, 0.29) is 5.56 Å². The van der Waals surface area contributed by atoms with Crippen molar-refractivity contribution in [1.82, 2.24) is 0 Å². The van der Waals surface area contributed by atoms with Gasteiger partial charge in [0.25, 0.3) is 0 Å². The van der Waals surface area contributed by atoms with Crippen LogP contribution in [0.2, 0.25) is 0 Å². The molecule has 2 aromatic carbocycles. The molecule has 1 unspecified atom stereocenters. The Morgan fingerprint density at radius 1 is 1.04 bits per heavy atom. The fourth-order valence-corrected chi connectivity index (χ4v) is 2.82. The van der Waals surface area contributed by atoms with E-state index in [1.54, 1.807) is 51.1 Å². The molecule has 1 atom stereocenters. The fraction of sp³-hybridized carbons (Fsp3) is 0.300. The van der Waals surface area contributed by atoms with Crippen molar-refractivity contribution in [3.8, 4) is 0 Å². The highest BCUT2D eigenvalue weighted by Crippen LogP contribution is 2.36. The number of benzene rings is 2. The van der Waals surface area contributed by atoms with E-state index in [9.17, 15) is 18.0 Å². The smallest absolute Gasteiger partial charge is 0.416 e. The van der Waals surface area contributed by atoms with E-state index in [1.807, 2.05) is 0 Å². The summed E-state index contributed by atoms with van der Waals surface area (Å²) in [6, 6.07) is 11.7. The molecule has 1 aliphatic rings. The summed E-state index contributed by atoms with van der Waals surface area (Å²) in [4.78, 5) is 17.4. The molecule has 0 amide bonds. The van der Waals surface area contributed by atoms with Crippen LogP contribution in [0.15, 0.2) is 53.5 Å². The Balaban J connectivity index is 2.21. The Hall–Kier alpha value is -2.63. The van der Waals surface area contributed by atoms with Crippen LogP contribution in [0.5, 0.6) is 0 Å². The Morgan fingerprint density at radius 2 is 1.73 bits per heavy atom. The molecule has 0 saturated heterocycles. The van der Waals surface area contributed by atoms with Gasteiger partial charge in [0.05, 0.1) is 10.9 Å². The first-order valence-corrected chi connectivity index (χ1v) is 8.10. The monoisotopic (exact) mass is 361 g/mol. The number of hydrogen-bond acceptors (Lipinski definition) is 3. The Labute approximate surface area is 148 Å². The quantitative estimate of drug-likeness (QED) is 0.770. The highest BCUT2D eigenvalue weighted by molar-refractivity contribution is 5.91. The molecule has 1 heterocycles. The SMILES string of the molecule is CC(C)(C)OC(=O)C1(c2cccc(C(F)(F)F)c2)C=c2ccccc2=N1. The first-order chi connectivity index (χ1) is 12.0. The van der Waals surface area contributed by atoms with Gasteiger partial charge >= 0.3 is 12.1 Å². The maximum atomic E-state index is 13.2. The number of carbonyl (C=O) groups is 1. The largest absolute Gasteiger partial charge is 0.458 e. The molecule has 0 aromatic heterocycles. The number of rotatable bonds is 2. The van der Waals surface area contributed by atoms with Crippen LogP contribution in [0, 0.1) is 0 Å². The number of ether oxygens (including phenoxy) is 1. The molecule has 3 rings (SSSR count). The van der Waals surface area contributed by atoms with Crippen LogP contribution in [-0.4, -0.2) is 11.6 Å². The summed E-state index contributed by atoms with van der Waals surface area (Å²) in [6.07, 6.45) is -2.96. The van der Waals surface area contributed by atoms with Gasteiger partial charge in [0, 0.05) is 0 Å². The van der Waals surface area contributed by atoms with Crippen molar-refractivity contribution >= 4 is 12.0 Å². The molecular formula is C20H18F3NO2. The zero-order valence-electron chi connectivity index (χ0n) is 14.6. The minimum absolute atomic E-state index is 0.123. The van der Waals surface area contributed by atoms with Crippen LogP contribution >= 0.6 is 0 Å². The maximum Gasteiger partial charge on any atom is 0.416 e. The van der Waals surface area contributed by atoms with Gasteiger partial charge < -0.3 is 4.74 Å². The van der Waals surface area contributed by atoms with Gasteiger partial charge in [-0.15, -0.1) is 0 Å². The summed E-state index contributed by atoms with van der Waals surface area (Å²) < 4.78 is 45.0. The molecule has 0 radical (unpaired) electrons. The summed E-state index contributed by atoms with van der Waals surface area (Å²) in [5.41, 5.74) is -3.16. The van der Waals surface area contributed by atoms with E-state index in [4.69, 9.17) is 4.74 Å². The number of halogens is 3. The third-order valence-electron chi connectivity index (χ3n) is 3.94. The Kier molecular flexibility index (Phi) is 4.17. The minimum Gasteiger partial charge on any atom is -0.458 e. The van der Waals surface area contributed by atoms with Gasteiger partial charge in [0.1, 0.15) is 5.60 Å². The second kappa shape index (κ2) is 5.97. The van der Waals surface area contributed by atoms with E-state index in [2.05, 4.69) is 4.99 Å². The average molecular weight is 361 g/mol. The molecule has 0 spiro atoms. The Morgan fingerprint density at radius 3 is 2.35 bits per heavy atom. The number of carbonyl (C=O) groups excluding carboxylic acids is 1. The van der Waals surface area contributed by atoms with Gasteiger partial charge in [-0.25, -0.2) is 4.79 Å². The molecule has 0 bridgehead atoms. The lowest BCUT2D eigenvalue weighted by Crippen LogP contribution is -2.38. The fourth-order valence-electron chi connectivity index (χ4n) is 2.82. The van der Waals surface area contributed by atoms with Gasteiger partial charge in [-0.1, -0.05) is 30.3 Å². The molecule has 3 nitrogen and oxygen atoms in total. The third-order valence-corrected chi connectivity index (χ3v) is 3.94. The number of para-hydroxylation sites is 1. The third kappa shape index (κ3) is 3.36. The van der Waals surface area contributed by atoms with Gasteiger partial charge in [-0.05, 0) is 55.8 Å². The minimum atomic E-state index is -4.52. The lowest BCUT2D eigenvalue weighted by Gasteiger charge is -2.28. The zero-order chi connectivity index (χ0) is 19.2. The number of hydrogen-bond donors (Lipinski definition) is 0. The number of alkyl halides is 3. The summed E-state index contributed by atoms with van der Waals surface area (Å²) in [7, 11) is 0. The van der Waals surface area contributed by atoms with Crippen molar-refractivity contribution < 1.29 is 22.7 Å². The number of esters is 1. The second-order valence-electron chi connectivity index (χ2n) is 7.16. The molecule has 136 valence electrons. The highest BCUT2D eigenvalue weighted by atomic mass is 19.4. The van der Waals surface area contributed by atoms with Crippen LogP contribution < -0.4 is 10.6 Å². The highest BCUT2D eigenvalue weighted by Gasteiger charge is 2.44. The van der Waals surface area contributed by atoms with Crippen molar-refractivity contribution in [3.63, 3.8) is 0 Å². The van der Waals surface area contributed by atoms with Crippen LogP contribution in [0.3, 0.4) is 0 Å². The number of fused-ring (bicyclic) bond motifs is 1. The van der Waals surface area contributed by atoms with Gasteiger partial charge in [-0.3, -0.25) is 4.99 Å². The summed E-state index contributed by atoms with van der Waals surface area (Å²) in [5.74, 6) is -0.708.